The molecule has 62 heavy (non-hydrogen) atoms. The molecule has 0 amide bonds. The number of phosphoric acid groups is 1. The van der Waals surface area contributed by atoms with E-state index in [1.165, 1.54) is 32.1 Å². The summed E-state index contributed by atoms with van der Waals surface area (Å²) in [6.45, 7) is 4.02. The van der Waals surface area contributed by atoms with E-state index in [-0.39, 0.29) is 32.2 Å². The number of likely N-dealkylation sites (N-methyl/N-ethyl adjacent to an activating group) is 1. The Bertz CT molecular complexity index is 1340. The standard InChI is InChI=1S/C51H88NO9P/c1-6-8-9-10-11-12-13-14-15-16-17-18-19-20-24-27-30-33-36-39-42-50(54)58-46-49(47-60-62(56,57)59-45-44-52(3,4)5)61-51(55)43-40-37-34-31-28-25-22-21-23-26-29-32-35-38-41-48(53)7-2/h12-13,15-16,18-19,22-23,25-26,31-32,34-35,48-49,53H,6-11,14,17,20-21,24,27-30,33,36-47H2,1-5H3/p+1/b13-12-,16-15-,19-18-,25-22-,26-23-,34-31-,35-32-/t48-,49-/m1/s1. The van der Waals surface area contributed by atoms with Crippen LogP contribution in [0.25, 0.3) is 0 Å². The van der Waals surface area contributed by atoms with Crippen molar-refractivity contribution in [1.82, 2.24) is 0 Å². The number of phosphoric ester groups is 1. The highest BCUT2D eigenvalue weighted by atomic mass is 31.2. The Hall–Kier alpha value is -2.85. The Morgan fingerprint density at radius 3 is 1.53 bits per heavy atom. The van der Waals surface area contributed by atoms with Gasteiger partial charge in [-0.3, -0.25) is 18.6 Å². The summed E-state index contributed by atoms with van der Waals surface area (Å²) in [5.41, 5.74) is 0. The van der Waals surface area contributed by atoms with Gasteiger partial charge in [0.25, 0.3) is 0 Å². The Kier molecular flexibility index (Phi) is 40.2. The third-order valence-electron chi connectivity index (χ3n) is 9.81. The third kappa shape index (κ3) is 45.2. The number of rotatable bonds is 42. The molecule has 0 aliphatic heterocycles. The smallest absolute Gasteiger partial charge is 0.462 e. The van der Waals surface area contributed by atoms with Crippen molar-refractivity contribution in [3.63, 3.8) is 0 Å². The van der Waals surface area contributed by atoms with Gasteiger partial charge in [-0.15, -0.1) is 0 Å². The van der Waals surface area contributed by atoms with Crippen molar-refractivity contribution >= 4 is 19.8 Å². The second-order valence-corrected chi connectivity index (χ2v) is 18.4. The lowest BCUT2D eigenvalue weighted by Gasteiger charge is -2.24. The van der Waals surface area contributed by atoms with Gasteiger partial charge in [-0.05, 0) is 96.3 Å². The summed E-state index contributed by atoms with van der Waals surface area (Å²) < 4.78 is 34.3. The van der Waals surface area contributed by atoms with Crippen LogP contribution in [0.4, 0.5) is 0 Å². The van der Waals surface area contributed by atoms with E-state index in [2.05, 4.69) is 85.9 Å². The maximum atomic E-state index is 12.7. The van der Waals surface area contributed by atoms with Gasteiger partial charge in [-0.2, -0.15) is 0 Å². The molecule has 0 aromatic heterocycles. The van der Waals surface area contributed by atoms with Crippen molar-refractivity contribution in [1.29, 1.82) is 0 Å². The van der Waals surface area contributed by atoms with Crippen LogP contribution >= 0.6 is 7.82 Å². The van der Waals surface area contributed by atoms with Crippen molar-refractivity contribution in [2.45, 2.75) is 180 Å². The van der Waals surface area contributed by atoms with E-state index in [0.717, 1.165) is 89.9 Å². The molecular formula is C51H89NO9P+. The van der Waals surface area contributed by atoms with Crippen LogP contribution in [0.2, 0.25) is 0 Å². The number of hydrogen-bond donors (Lipinski definition) is 2. The second kappa shape index (κ2) is 42.1. The van der Waals surface area contributed by atoms with Crippen LogP contribution in [0.15, 0.2) is 85.1 Å². The van der Waals surface area contributed by atoms with Gasteiger partial charge in [0.2, 0.25) is 0 Å². The van der Waals surface area contributed by atoms with Gasteiger partial charge in [0.15, 0.2) is 6.10 Å². The minimum atomic E-state index is -4.41. The molecule has 0 fully saturated rings. The predicted molar refractivity (Wildman–Crippen MR) is 258 cm³/mol. The van der Waals surface area contributed by atoms with Crippen molar-refractivity contribution < 1.29 is 47.2 Å². The van der Waals surface area contributed by atoms with Gasteiger partial charge in [0.1, 0.15) is 19.8 Å². The normalized spacial score (nSPS) is 14.8. The average Bonchev–Trinajstić information content (AvgIpc) is 3.23. The van der Waals surface area contributed by atoms with Crippen LogP contribution in [0.5, 0.6) is 0 Å². The molecule has 0 bridgehead atoms. The number of allylic oxidation sites excluding steroid dienone is 14. The summed E-state index contributed by atoms with van der Waals surface area (Å²) in [7, 11) is 1.40. The molecule has 356 valence electrons. The van der Waals surface area contributed by atoms with Crippen LogP contribution in [0.1, 0.15) is 168 Å². The molecule has 0 radical (unpaired) electrons. The van der Waals surface area contributed by atoms with Gasteiger partial charge >= 0.3 is 19.8 Å². The minimum Gasteiger partial charge on any atom is -0.462 e. The molecule has 0 saturated carbocycles. The Morgan fingerprint density at radius 2 is 1.02 bits per heavy atom. The molecule has 0 aromatic carbocycles. The SMILES string of the molecule is CCCCCC/C=C\C/C=C\C/C=C\CCCCCCCCC(=O)OC[C@H](COP(=O)(O)OCC[N+](C)(C)C)OC(=O)CCC/C=C\C/C=C\C/C=C\C/C=C\CC[C@H](O)CC. The number of esters is 2. The first-order chi connectivity index (χ1) is 29.9. The Labute approximate surface area is 378 Å². The third-order valence-corrected chi connectivity index (χ3v) is 10.8. The minimum absolute atomic E-state index is 0.00835. The summed E-state index contributed by atoms with van der Waals surface area (Å²) in [4.78, 5) is 35.4. The van der Waals surface area contributed by atoms with E-state index in [9.17, 15) is 24.2 Å². The number of unbranched alkanes of at least 4 members (excludes halogenated alkanes) is 11. The second-order valence-electron chi connectivity index (χ2n) is 16.9. The molecule has 11 heteroatoms. The van der Waals surface area contributed by atoms with E-state index in [0.29, 0.717) is 30.3 Å². The highest BCUT2D eigenvalue weighted by molar-refractivity contribution is 7.47. The first-order valence-electron chi connectivity index (χ1n) is 23.9. The van der Waals surface area contributed by atoms with E-state index >= 15 is 0 Å². The zero-order chi connectivity index (χ0) is 45.8. The lowest BCUT2D eigenvalue weighted by atomic mass is 10.1. The van der Waals surface area contributed by atoms with E-state index in [1.54, 1.807) is 0 Å². The van der Waals surface area contributed by atoms with Crippen molar-refractivity contribution in [2.75, 3.05) is 47.5 Å². The number of hydrogen-bond acceptors (Lipinski definition) is 8. The number of aliphatic hydroxyl groups is 1. The Balaban J connectivity index is 4.45. The van der Waals surface area contributed by atoms with Crippen molar-refractivity contribution in [3.8, 4) is 0 Å². The van der Waals surface area contributed by atoms with Gasteiger partial charge in [0, 0.05) is 12.8 Å². The lowest BCUT2D eigenvalue weighted by Crippen LogP contribution is -2.37. The summed E-state index contributed by atoms with van der Waals surface area (Å²) >= 11 is 0. The number of ether oxygens (including phenoxy) is 2. The van der Waals surface area contributed by atoms with Gasteiger partial charge in [-0.25, -0.2) is 4.57 Å². The molecule has 0 aliphatic carbocycles. The predicted octanol–water partition coefficient (Wildman–Crippen LogP) is 12.9. The van der Waals surface area contributed by atoms with Crippen molar-refractivity contribution in [2.24, 2.45) is 0 Å². The van der Waals surface area contributed by atoms with E-state index in [1.807, 2.05) is 34.1 Å². The van der Waals surface area contributed by atoms with E-state index < -0.39 is 32.5 Å². The van der Waals surface area contributed by atoms with Crippen molar-refractivity contribution in [3.05, 3.63) is 85.1 Å². The Morgan fingerprint density at radius 1 is 0.565 bits per heavy atom. The number of aliphatic hydroxyl groups excluding tert-OH is 1. The largest absolute Gasteiger partial charge is 0.472 e. The fraction of sp³-hybridized carbons (Fsp3) is 0.686. The van der Waals surface area contributed by atoms with Crippen LogP contribution in [0, 0.1) is 0 Å². The van der Waals surface area contributed by atoms with Crippen LogP contribution < -0.4 is 0 Å². The molecule has 0 aromatic rings. The van der Waals surface area contributed by atoms with Gasteiger partial charge in [0.05, 0.1) is 33.9 Å². The van der Waals surface area contributed by atoms with Crippen LogP contribution in [0.3, 0.4) is 0 Å². The van der Waals surface area contributed by atoms with Gasteiger partial charge < -0.3 is 24.0 Å². The van der Waals surface area contributed by atoms with Crippen LogP contribution in [-0.4, -0.2) is 86.1 Å². The topological polar surface area (TPSA) is 129 Å². The summed E-state index contributed by atoms with van der Waals surface area (Å²) in [5, 5.41) is 9.58. The molecule has 0 spiro atoms. The maximum Gasteiger partial charge on any atom is 0.472 e. The zero-order valence-corrected chi connectivity index (χ0v) is 40.6. The fourth-order valence-electron chi connectivity index (χ4n) is 5.87. The summed E-state index contributed by atoms with van der Waals surface area (Å²) in [5.74, 6) is -0.904. The number of carbonyl (C=O) groups is 2. The van der Waals surface area contributed by atoms with Crippen LogP contribution in [-0.2, 0) is 32.7 Å². The highest BCUT2D eigenvalue weighted by Crippen LogP contribution is 2.43. The van der Waals surface area contributed by atoms with Gasteiger partial charge in [-0.1, -0.05) is 144 Å². The first-order valence-corrected chi connectivity index (χ1v) is 25.4. The lowest BCUT2D eigenvalue weighted by molar-refractivity contribution is -0.870. The quantitative estimate of drug-likeness (QED) is 0.0202. The molecule has 0 saturated heterocycles. The average molecular weight is 891 g/mol. The first kappa shape index (κ1) is 59.1. The zero-order valence-electron chi connectivity index (χ0n) is 39.7. The highest BCUT2D eigenvalue weighted by Gasteiger charge is 2.27. The number of nitrogens with zero attached hydrogens (tertiary/aromatic N) is 1. The molecule has 2 N–H and O–H groups in total. The summed E-state index contributed by atoms with van der Waals surface area (Å²) in [6.07, 6.45) is 51.5. The molecule has 0 heterocycles. The summed E-state index contributed by atoms with van der Waals surface area (Å²) in [6, 6.07) is 0. The monoisotopic (exact) mass is 891 g/mol. The number of quaternary nitrogens is 1. The molecule has 0 rings (SSSR count). The fourth-order valence-corrected chi connectivity index (χ4v) is 6.62. The molecule has 3 atom stereocenters. The molecule has 10 nitrogen and oxygen atoms in total. The molecule has 1 unspecified atom stereocenters. The molecule has 0 aliphatic rings. The maximum absolute atomic E-state index is 12.7. The van der Waals surface area contributed by atoms with E-state index in [4.69, 9.17) is 18.5 Å². The molecular weight excluding hydrogens is 802 g/mol. The number of carbonyl (C=O) groups excluding carboxylic acids is 2.